The normalized spacial score (nSPS) is 10.9. The number of sulfonamides is 1. The molecule has 0 saturated heterocycles. The average Bonchev–Trinajstić information content (AvgIpc) is 2.65. The summed E-state index contributed by atoms with van der Waals surface area (Å²) in [6.45, 7) is 1.37. The SMILES string of the molecule is COC(=O)CN(c1ccc(OC)cc1OC)S(=O)(=O)c1ccc(C)cc1. The van der Waals surface area contributed by atoms with Crippen LogP contribution in [0.15, 0.2) is 47.4 Å². The van der Waals surface area contributed by atoms with E-state index in [2.05, 4.69) is 4.74 Å². The minimum atomic E-state index is -4.02. The molecule has 2 rings (SSSR count). The molecule has 0 aromatic heterocycles. The molecular formula is C18H21NO6S. The molecule has 0 amide bonds. The molecule has 0 unspecified atom stereocenters. The fourth-order valence-electron chi connectivity index (χ4n) is 2.31. The Labute approximate surface area is 153 Å². The highest BCUT2D eigenvalue weighted by molar-refractivity contribution is 7.92. The lowest BCUT2D eigenvalue weighted by atomic mass is 10.2. The maximum Gasteiger partial charge on any atom is 0.326 e. The lowest BCUT2D eigenvalue weighted by Crippen LogP contribution is -2.36. The van der Waals surface area contributed by atoms with E-state index in [9.17, 15) is 13.2 Å². The van der Waals surface area contributed by atoms with Crippen molar-refractivity contribution >= 4 is 21.7 Å². The highest BCUT2D eigenvalue weighted by Crippen LogP contribution is 2.35. The van der Waals surface area contributed by atoms with Crippen LogP contribution < -0.4 is 13.8 Å². The van der Waals surface area contributed by atoms with Crippen molar-refractivity contribution in [3.05, 3.63) is 48.0 Å². The zero-order valence-electron chi connectivity index (χ0n) is 15.1. The number of methoxy groups -OCH3 is 3. The van der Waals surface area contributed by atoms with Crippen molar-refractivity contribution < 1.29 is 27.4 Å². The summed E-state index contributed by atoms with van der Waals surface area (Å²) in [5, 5.41) is 0. The zero-order valence-corrected chi connectivity index (χ0v) is 15.9. The predicted molar refractivity (Wildman–Crippen MR) is 97.3 cm³/mol. The first-order chi connectivity index (χ1) is 12.3. The van der Waals surface area contributed by atoms with E-state index < -0.39 is 22.5 Å². The van der Waals surface area contributed by atoms with Crippen molar-refractivity contribution in [1.29, 1.82) is 0 Å². The van der Waals surface area contributed by atoms with Gasteiger partial charge in [0.05, 0.1) is 31.9 Å². The minimum absolute atomic E-state index is 0.0601. The van der Waals surface area contributed by atoms with Crippen LogP contribution >= 0.6 is 0 Å². The molecular weight excluding hydrogens is 358 g/mol. The van der Waals surface area contributed by atoms with E-state index in [-0.39, 0.29) is 16.3 Å². The average molecular weight is 379 g/mol. The van der Waals surface area contributed by atoms with Crippen LogP contribution in [0.4, 0.5) is 5.69 Å². The molecule has 8 heteroatoms. The van der Waals surface area contributed by atoms with Gasteiger partial charge < -0.3 is 14.2 Å². The summed E-state index contributed by atoms with van der Waals surface area (Å²) in [6.07, 6.45) is 0. The summed E-state index contributed by atoms with van der Waals surface area (Å²) in [6, 6.07) is 11.0. The quantitative estimate of drug-likeness (QED) is 0.687. The third-order valence-electron chi connectivity index (χ3n) is 3.76. The van der Waals surface area contributed by atoms with Gasteiger partial charge in [-0.2, -0.15) is 0 Å². The molecule has 0 radical (unpaired) electrons. The molecule has 0 saturated carbocycles. The van der Waals surface area contributed by atoms with Gasteiger partial charge in [-0.1, -0.05) is 17.7 Å². The van der Waals surface area contributed by atoms with E-state index >= 15 is 0 Å². The first-order valence-corrected chi connectivity index (χ1v) is 9.15. The van der Waals surface area contributed by atoms with Crippen molar-refractivity contribution in [3.8, 4) is 11.5 Å². The second kappa shape index (κ2) is 8.09. The van der Waals surface area contributed by atoms with Crippen molar-refractivity contribution in [2.24, 2.45) is 0 Å². The summed E-state index contributed by atoms with van der Waals surface area (Å²) >= 11 is 0. The lowest BCUT2D eigenvalue weighted by molar-refractivity contribution is -0.138. The molecule has 7 nitrogen and oxygen atoms in total. The second-order valence-electron chi connectivity index (χ2n) is 5.44. The van der Waals surface area contributed by atoms with E-state index in [1.165, 1.54) is 39.5 Å². The second-order valence-corrected chi connectivity index (χ2v) is 7.30. The van der Waals surface area contributed by atoms with Crippen LogP contribution in [0.2, 0.25) is 0 Å². The van der Waals surface area contributed by atoms with E-state index in [1.807, 2.05) is 6.92 Å². The van der Waals surface area contributed by atoms with Crippen molar-refractivity contribution in [3.63, 3.8) is 0 Å². The summed E-state index contributed by atoms with van der Waals surface area (Å²) in [5.41, 5.74) is 1.13. The van der Waals surface area contributed by atoms with Gasteiger partial charge in [0.15, 0.2) is 0 Å². The van der Waals surface area contributed by atoms with Crippen LogP contribution in [0.25, 0.3) is 0 Å². The zero-order chi connectivity index (χ0) is 19.3. The summed E-state index contributed by atoms with van der Waals surface area (Å²) < 4.78 is 42.4. The molecule has 0 bridgehead atoms. The maximum atomic E-state index is 13.1. The van der Waals surface area contributed by atoms with Crippen LogP contribution in [-0.4, -0.2) is 42.3 Å². The minimum Gasteiger partial charge on any atom is -0.497 e. The largest absolute Gasteiger partial charge is 0.497 e. The number of nitrogens with zero attached hydrogens (tertiary/aromatic N) is 1. The number of hydrogen-bond donors (Lipinski definition) is 0. The number of anilines is 1. The fraction of sp³-hybridized carbons (Fsp3) is 0.278. The Balaban J connectivity index is 2.60. The Kier molecular flexibility index (Phi) is 6.10. The first-order valence-electron chi connectivity index (χ1n) is 7.71. The molecule has 140 valence electrons. The van der Waals surface area contributed by atoms with Gasteiger partial charge in [0, 0.05) is 6.07 Å². The molecule has 0 aliphatic rings. The van der Waals surface area contributed by atoms with Gasteiger partial charge in [0.25, 0.3) is 10.0 Å². The molecule has 0 aliphatic heterocycles. The molecule has 0 aliphatic carbocycles. The molecule has 0 atom stereocenters. The number of ether oxygens (including phenoxy) is 3. The fourth-order valence-corrected chi connectivity index (χ4v) is 3.73. The molecule has 0 N–H and O–H groups in total. The molecule has 2 aromatic carbocycles. The highest BCUT2D eigenvalue weighted by Gasteiger charge is 2.30. The third-order valence-corrected chi connectivity index (χ3v) is 5.54. The number of carbonyl (C=O) groups excluding carboxylic acids is 1. The van der Waals surface area contributed by atoms with Gasteiger partial charge in [-0.15, -0.1) is 0 Å². The molecule has 0 heterocycles. The lowest BCUT2D eigenvalue weighted by Gasteiger charge is -2.25. The number of rotatable bonds is 7. The number of aryl methyl sites for hydroxylation is 1. The van der Waals surface area contributed by atoms with E-state index in [0.29, 0.717) is 5.75 Å². The van der Waals surface area contributed by atoms with Gasteiger partial charge >= 0.3 is 5.97 Å². The Morgan fingerprint density at radius 2 is 1.65 bits per heavy atom. The molecule has 0 spiro atoms. The van der Waals surface area contributed by atoms with Crippen LogP contribution in [0.5, 0.6) is 11.5 Å². The summed E-state index contributed by atoms with van der Waals surface area (Å²) in [5.74, 6) is 0.0545. The number of esters is 1. The Morgan fingerprint density at radius 3 is 2.19 bits per heavy atom. The van der Waals surface area contributed by atoms with Gasteiger partial charge in [-0.25, -0.2) is 8.42 Å². The Hall–Kier alpha value is -2.74. The van der Waals surface area contributed by atoms with Gasteiger partial charge in [0.1, 0.15) is 18.0 Å². The third kappa shape index (κ3) is 4.08. The van der Waals surface area contributed by atoms with Crippen molar-refractivity contribution in [1.82, 2.24) is 0 Å². The van der Waals surface area contributed by atoms with E-state index in [4.69, 9.17) is 9.47 Å². The van der Waals surface area contributed by atoms with Crippen molar-refractivity contribution in [2.75, 3.05) is 32.2 Å². The van der Waals surface area contributed by atoms with Crippen LogP contribution in [0.1, 0.15) is 5.56 Å². The molecule has 0 fully saturated rings. The topological polar surface area (TPSA) is 82.1 Å². The number of benzene rings is 2. The van der Waals surface area contributed by atoms with Crippen LogP contribution in [-0.2, 0) is 19.6 Å². The highest BCUT2D eigenvalue weighted by atomic mass is 32.2. The Morgan fingerprint density at radius 1 is 1.00 bits per heavy atom. The standard InChI is InChI=1S/C18H21NO6S/c1-13-5-8-15(9-6-13)26(21,22)19(12-18(20)25-4)16-10-7-14(23-2)11-17(16)24-3/h5-11H,12H2,1-4H3. The van der Waals surface area contributed by atoms with Crippen molar-refractivity contribution in [2.45, 2.75) is 11.8 Å². The first kappa shape index (κ1) is 19.6. The molecule has 26 heavy (non-hydrogen) atoms. The van der Waals surface area contributed by atoms with E-state index in [1.54, 1.807) is 24.3 Å². The number of hydrogen-bond acceptors (Lipinski definition) is 6. The smallest absolute Gasteiger partial charge is 0.326 e. The molecule has 2 aromatic rings. The number of carbonyl (C=O) groups is 1. The maximum absolute atomic E-state index is 13.1. The monoisotopic (exact) mass is 379 g/mol. The van der Waals surface area contributed by atoms with Crippen LogP contribution in [0.3, 0.4) is 0 Å². The van der Waals surface area contributed by atoms with E-state index in [0.717, 1.165) is 9.87 Å². The van der Waals surface area contributed by atoms with Gasteiger partial charge in [-0.3, -0.25) is 9.10 Å². The van der Waals surface area contributed by atoms with Gasteiger partial charge in [-0.05, 0) is 31.2 Å². The van der Waals surface area contributed by atoms with Gasteiger partial charge in [0.2, 0.25) is 0 Å². The van der Waals surface area contributed by atoms with Crippen LogP contribution in [0, 0.1) is 6.92 Å². The summed E-state index contributed by atoms with van der Waals surface area (Å²) in [4.78, 5) is 11.9. The Bertz CT molecular complexity index is 877. The predicted octanol–water partition coefficient (Wildman–Crippen LogP) is 2.38. The summed E-state index contributed by atoms with van der Waals surface area (Å²) in [7, 11) is 0.0818.